The maximum atomic E-state index is 14.4. The Morgan fingerprint density at radius 2 is 1.24 bits per heavy atom. The van der Waals surface area contributed by atoms with E-state index in [9.17, 15) is 24.0 Å². The van der Waals surface area contributed by atoms with Crippen molar-refractivity contribution in [2.75, 3.05) is 40.4 Å². The second-order valence-electron chi connectivity index (χ2n) is 10.4. The van der Waals surface area contributed by atoms with Crippen LogP contribution >= 0.6 is 35.3 Å². The van der Waals surface area contributed by atoms with Crippen LogP contribution < -0.4 is 9.64 Å². The Hall–Kier alpha value is -4.14. The van der Waals surface area contributed by atoms with Gasteiger partial charge in [-0.25, -0.2) is 19.2 Å². The average Bonchev–Trinajstić information content (AvgIpc) is 3.46. The van der Waals surface area contributed by atoms with Crippen molar-refractivity contribution in [3.05, 3.63) is 84.9 Å². The lowest BCUT2D eigenvalue weighted by atomic mass is 9.83. The number of ether oxygens (including phenoxy) is 5. The molecule has 14 heteroatoms. The molecule has 3 aliphatic heterocycles. The van der Waals surface area contributed by atoms with Gasteiger partial charge in [-0.1, -0.05) is 53.5 Å². The normalized spacial score (nSPS) is 17.7. The van der Waals surface area contributed by atoms with E-state index in [-0.39, 0.29) is 26.2 Å². The maximum absolute atomic E-state index is 14.4. The zero-order valence-electron chi connectivity index (χ0n) is 25.9. The van der Waals surface area contributed by atoms with Crippen molar-refractivity contribution in [2.45, 2.75) is 23.5 Å². The predicted octanol–water partition coefficient (Wildman–Crippen LogP) is 4.93. The summed E-state index contributed by atoms with van der Waals surface area (Å²) < 4.78 is 24.3. The minimum absolute atomic E-state index is 0.124. The molecular formula is C32H29NO10S3. The number of anilines is 1. The number of carbonyl (C=O) groups is 5. The van der Waals surface area contributed by atoms with Crippen LogP contribution in [0.5, 0.6) is 5.75 Å². The van der Waals surface area contributed by atoms with Crippen LogP contribution in [-0.2, 0) is 38.1 Å². The van der Waals surface area contributed by atoms with E-state index in [0.717, 1.165) is 56.6 Å². The second-order valence-corrected chi connectivity index (χ2v) is 14.1. The monoisotopic (exact) mass is 683 g/mol. The number of fused-ring (bicyclic) bond motifs is 3. The fraction of sp³-hybridized carbons (Fsp3) is 0.281. The number of methoxy groups -OCH3 is 5. The van der Waals surface area contributed by atoms with Crippen molar-refractivity contribution >= 4 is 76.3 Å². The number of hydrogen-bond acceptors (Lipinski definition) is 13. The second kappa shape index (κ2) is 12.6. The molecule has 46 heavy (non-hydrogen) atoms. The molecule has 0 aromatic heterocycles. The number of carbonyl (C=O) groups excluding carboxylic acids is 5. The first-order valence-electron chi connectivity index (χ1n) is 13.6. The number of amides is 1. The lowest BCUT2D eigenvalue weighted by molar-refractivity contribution is -0.138. The van der Waals surface area contributed by atoms with Gasteiger partial charge >= 0.3 is 23.9 Å². The quantitative estimate of drug-likeness (QED) is 0.301. The average molecular weight is 684 g/mol. The summed E-state index contributed by atoms with van der Waals surface area (Å²) in [6.45, 7) is 3.62. The Balaban J connectivity index is 1.90. The molecule has 2 aromatic carbocycles. The molecule has 0 aliphatic carbocycles. The van der Waals surface area contributed by atoms with Gasteiger partial charge in [0.1, 0.15) is 24.5 Å². The number of benzene rings is 2. The molecule has 0 N–H and O–H groups in total. The molecule has 2 aromatic rings. The zero-order chi connectivity index (χ0) is 33.6. The third-order valence-corrected chi connectivity index (χ3v) is 12.2. The summed E-state index contributed by atoms with van der Waals surface area (Å²) in [6, 6.07) is 13.9. The predicted molar refractivity (Wildman–Crippen MR) is 175 cm³/mol. The molecule has 11 nitrogen and oxygen atoms in total. The number of esters is 4. The summed E-state index contributed by atoms with van der Waals surface area (Å²) in [5, 5.41) is 0. The highest BCUT2D eigenvalue weighted by atomic mass is 32.2. The van der Waals surface area contributed by atoms with E-state index in [1.807, 2.05) is 13.8 Å². The van der Waals surface area contributed by atoms with Crippen LogP contribution in [0.3, 0.4) is 0 Å². The van der Waals surface area contributed by atoms with E-state index >= 15 is 0 Å². The van der Waals surface area contributed by atoms with Gasteiger partial charge in [0, 0.05) is 27.7 Å². The third-order valence-electron chi connectivity index (χ3n) is 7.57. The summed E-state index contributed by atoms with van der Waals surface area (Å²) in [5.41, 5.74) is 0.487. The topological polar surface area (TPSA) is 135 Å². The van der Waals surface area contributed by atoms with Crippen molar-refractivity contribution in [1.82, 2.24) is 0 Å². The molecule has 0 fully saturated rings. The van der Waals surface area contributed by atoms with Crippen LogP contribution in [0, 0.1) is 0 Å². The largest absolute Gasteiger partial charge is 0.497 e. The maximum Gasteiger partial charge on any atom is 0.345 e. The van der Waals surface area contributed by atoms with Gasteiger partial charge in [0.05, 0.1) is 52.3 Å². The summed E-state index contributed by atoms with van der Waals surface area (Å²) in [5.74, 6) is -3.29. The molecule has 0 bridgehead atoms. The molecular weight excluding hydrogens is 655 g/mol. The van der Waals surface area contributed by atoms with E-state index in [1.165, 1.54) is 14.2 Å². The van der Waals surface area contributed by atoms with Gasteiger partial charge < -0.3 is 23.7 Å². The molecule has 3 heterocycles. The van der Waals surface area contributed by atoms with Gasteiger partial charge in [-0.15, -0.1) is 0 Å². The van der Waals surface area contributed by atoms with Crippen LogP contribution in [-0.4, -0.2) is 75.0 Å². The Labute approximate surface area is 277 Å². The highest BCUT2D eigenvalue weighted by Gasteiger charge is 2.61. The number of nitrogens with zero attached hydrogens (tertiary/aromatic N) is 1. The first kappa shape index (κ1) is 33.2. The summed E-state index contributed by atoms with van der Waals surface area (Å²) >= 11 is 2.69. The van der Waals surface area contributed by atoms with E-state index < -0.39 is 33.5 Å². The third kappa shape index (κ3) is 5.08. The van der Waals surface area contributed by atoms with Crippen LogP contribution in [0.4, 0.5) is 5.69 Å². The number of hydrogen-bond donors (Lipinski definition) is 0. The van der Waals surface area contributed by atoms with Gasteiger partial charge in [-0.2, -0.15) is 0 Å². The molecule has 0 unspecified atom stereocenters. The summed E-state index contributed by atoms with van der Waals surface area (Å²) in [4.78, 5) is 69.7. The molecule has 0 saturated heterocycles. The molecule has 5 rings (SSSR count). The summed E-state index contributed by atoms with van der Waals surface area (Å²) in [7, 11) is 6.16. The molecule has 240 valence electrons. The first-order valence-corrected chi connectivity index (χ1v) is 16.1. The lowest BCUT2D eigenvalue weighted by Gasteiger charge is -2.50. The van der Waals surface area contributed by atoms with Crippen molar-refractivity contribution in [1.29, 1.82) is 0 Å². The standard InChI is InChI=1S/C32H29NO10S3/c1-31(2)25-20(18-14-13-17(39-3)15-19(18)33(31)26(34)16-11-9-8-10-12-16)32(21(27(35)40-4)22(44-25)28(36)41-5)45-23(29(37)42-6)24(46-32)30(38)43-7/h8-15H,1-7H3. The van der Waals surface area contributed by atoms with Gasteiger partial charge in [0.15, 0.2) is 0 Å². The minimum Gasteiger partial charge on any atom is -0.497 e. The SMILES string of the molecule is COC(=O)C1=C(C(=O)OC)SC2(S1)C(C(=O)OC)=C(C(=O)OC)SC1=C2c2ccc(OC)cc2N(C(=O)c2ccccc2)C1(C)C. The molecule has 0 atom stereocenters. The zero-order valence-corrected chi connectivity index (χ0v) is 28.3. The van der Waals surface area contributed by atoms with Crippen LogP contribution in [0.2, 0.25) is 0 Å². The van der Waals surface area contributed by atoms with E-state index in [2.05, 4.69) is 0 Å². The van der Waals surface area contributed by atoms with Crippen LogP contribution in [0.15, 0.2) is 73.7 Å². The Kier molecular flexibility index (Phi) is 9.08. The number of rotatable bonds is 6. The molecule has 0 radical (unpaired) electrons. The van der Waals surface area contributed by atoms with Crippen molar-refractivity contribution in [2.24, 2.45) is 0 Å². The van der Waals surface area contributed by atoms with E-state index in [1.54, 1.807) is 53.4 Å². The molecule has 1 spiro atoms. The Morgan fingerprint density at radius 3 is 1.76 bits per heavy atom. The van der Waals surface area contributed by atoms with Gasteiger partial charge in [-0.05, 0) is 38.1 Å². The van der Waals surface area contributed by atoms with Crippen LogP contribution in [0.25, 0.3) is 5.57 Å². The fourth-order valence-corrected chi connectivity index (χ4v) is 10.5. The lowest BCUT2D eigenvalue weighted by Crippen LogP contribution is -2.53. The fourth-order valence-electron chi connectivity index (χ4n) is 5.49. The number of thioether (sulfide) groups is 3. The first-order chi connectivity index (χ1) is 21.9. The molecule has 3 aliphatic rings. The van der Waals surface area contributed by atoms with Crippen LogP contribution in [0.1, 0.15) is 29.8 Å². The van der Waals surface area contributed by atoms with Crippen molar-refractivity contribution < 1.29 is 47.7 Å². The van der Waals surface area contributed by atoms with E-state index in [0.29, 0.717) is 33.0 Å². The molecule has 1 amide bonds. The Bertz CT molecular complexity index is 1750. The van der Waals surface area contributed by atoms with Crippen molar-refractivity contribution in [3.8, 4) is 5.75 Å². The smallest absolute Gasteiger partial charge is 0.345 e. The highest BCUT2D eigenvalue weighted by Crippen LogP contribution is 2.71. The molecule has 0 saturated carbocycles. The highest BCUT2D eigenvalue weighted by molar-refractivity contribution is 8.26. The van der Waals surface area contributed by atoms with Crippen molar-refractivity contribution in [3.63, 3.8) is 0 Å². The Morgan fingerprint density at radius 1 is 0.696 bits per heavy atom. The minimum atomic E-state index is -1.67. The van der Waals surface area contributed by atoms with E-state index in [4.69, 9.17) is 23.7 Å². The van der Waals surface area contributed by atoms with Gasteiger partial charge in [-0.3, -0.25) is 9.69 Å². The van der Waals surface area contributed by atoms with Gasteiger partial charge in [0.2, 0.25) is 0 Å². The van der Waals surface area contributed by atoms with Gasteiger partial charge in [0.25, 0.3) is 5.91 Å². The summed E-state index contributed by atoms with van der Waals surface area (Å²) in [6.07, 6.45) is 0.